The third-order valence-corrected chi connectivity index (χ3v) is 6.45. The molecule has 7 nitrogen and oxygen atoms in total. The van der Waals surface area contributed by atoms with Crippen molar-refractivity contribution in [2.24, 2.45) is 0 Å². The van der Waals surface area contributed by atoms with Gasteiger partial charge in [0.25, 0.3) is 0 Å². The zero-order valence-corrected chi connectivity index (χ0v) is 14.4. The van der Waals surface area contributed by atoms with E-state index in [2.05, 4.69) is 5.32 Å². The minimum Gasteiger partial charge on any atom is -0.492 e. The molecule has 24 heavy (non-hydrogen) atoms. The van der Waals surface area contributed by atoms with Crippen LogP contribution in [0.2, 0.25) is 0 Å². The molecule has 0 aromatic heterocycles. The van der Waals surface area contributed by atoms with E-state index < -0.39 is 15.6 Å². The van der Waals surface area contributed by atoms with Crippen LogP contribution in [0.25, 0.3) is 0 Å². The Morgan fingerprint density at radius 2 is 2.25 bits per heavy atom. The topological polar surface area (TPSA) is 95.9 Å². The molecule has 0 radical (unpaired) electrons. The predicted molar refractivity (Wildman–Crippen MR) is 87.3 cm³/mol. The zero-order chi connectivity index (χ0) is 17.4. The van der Waals surface area contributed by atoms with Crippen LogP contribution >= 0.6 is 0 Å². The lowest BCUT2D eigenvalue weighted by molar-refractivity contribution is -0.127. The normalized spacial score (nSPS) is 24.2. The average Bonchev–Trinajstić information content (AvgIpc) is 3.02. The number of aliphatic hydroxyl groups is 1. The summed E-state index contributed by atoms with van der Waals surface area (Å²) in [7, 11) is -2.29. The Labute approximate surface area is 141 Å². The Balaban J connectivity index is 1.88. The van der Waals surface area contributed by atoms with Crippen LogP contribution in [-0.4, -0.2) is 56.1 Å². The minimum absolute atomic E-state index is 0.0909. The van der Waals surface area contributed by atoms with Crippen LogP contribution in [0.15, 0.2) is 23.1 Å². The lowest BCUT2D eigenvalue weighted by Crippen LogP contribution is -2.52. The summed E-state index contributed by atoms with van der Waals surface area (Å²) in [5.74, 6) is 0.110. The third-order valence-electron chi connectivity index (χ3n) is 4.58. The van der Waals surface area contributed by atoms with Gasteiger partial charge in [0.15, 0.2) is 0 Å². The number of para-hydroxylation sites is 1. The van der Waals surface area contributed by atoms with Crippen molar-refractivity contribution in [1.29, 1.82) is 0 Å². The molecule has 1 atom stereocenters. The van der Waals surface area contributed by atoms with Crippen LogP contribution < -0.4 is 10.1 Å². The summed E-state index contributed by atoms with van der Waals surface area (Å²) in [5, 5.41) is 13.1. The number of hydrogen-bond acceptors (Lipinski definition) is 5. The SMILES string of the molecule is CNC(=O)CC1(O)CCCN(S(=O)(=O)c2cccc3c2OCC3)C1. The number of nitrogens with one attached hydrogen (secondary N) is 1. The van der Waals surface area contributed by atoms with E-state index in [4.69, 9.17) is 4.74 Å². The van der Waals surface area contributed by atoms with Gasteiger partial charge in [-0.1, -0.05) is 12.1 Å². The fourth-order valence-electron chi connectivity index (χ4n) is 3.33. The number of amides is 1. The summed E-state index contributed by atoms with van der Waals surface area (Å²) in [6, 6.07) is 5.10. The average molecular weight is 354 g/mol. The summed E-state index contributed by atoms with van der Waals surface area (Å²) in [5.41, 5.74) is -0.460. The summed E-state index contributed by atoms with van der Waals surface area (Å²) in [4.78, 5) is 11.7. The molecule has 2 heterocycles. The fraction of sp³-hybridized carbons (Fsp3) is 0.562. The van der Waals surface area contributed by atoms with Crippen LogP contribution in [-0.2, 0) is 21.2 Å². The molecule has 1 amide bonds. The smallest absolute Gasteiger partial charge is 0.246 e. The first-order chi connectivity index (χ1) is 11.4. The monoisotopic (exact) mass is 354 g/mol. The van der Waals surface area contributed by atoms with E-state index in [1.165, 1.54) is 17.4 Å². The highest BCUT2D eigenvalue weighted by Gasteiger charge is 2.41. The molecule has 2 N–H and O–H groups in total. The molecule has 132 valence electrons. The molecule has 1 saturated heterocycles. The highest BCUT2D eigenvalue weighted by Crippen LogP contribution is 2.36. The Bertz CT molecular complexity index is 749. The van der Waals surface area contributed by atoms with Crippen molar-refractivity contribution < 1.29 is 23.1 Å². The molecule has 1 aromatic carbocycles. The Hall–Kier alpha value is -1.64. The molecule has 1 fully saturated rings. The van der Waals surface area contributed by atoms with Crippen LogP contribution in [0.5, 0.6) is 5.75 Å². The van der Waals surface area contributed by atoms with Gasteiger partial charge in [-0.05, 0) is 24.5 Å². The van der Waals surface area contributed by atoms with E-state index in [-0.39, 0.29) is 23.8 Å². The van der Waals surface area contributed by atoms with Crippen molar-refractivity contribution in [3.63, 3.8) is 0 Å². The summed E-state index contributed by atoms with van der Waals surface area (Å²) in [6.07, 6.45) is 1.48. The highest BCUT2D eigenvalue weighted by molar-refractivity contribution is 7.89. The quantitative estimate of drug-likeness (QED) is 0.809. The van der Waals surface area contributed by atoms with Crippen molar-refractivity contribution in [2.45, 2.75) is 36.2 Å². The number of fused-ring (bicyclic) bond motifs is 1. The van der Waals surface area contributed by atoms with E-state index in [9.17, 15) is 18.3 Å². The number of carbonyl (C=O) groups is 1. The van der Waals surface area contributed by atoms with E-state index in [0.29, 0.717) is 38.2 Å². The van der Waals surface area contributed by atoms with E-state index in [0.717, 1.165) is 5.56 Å². The number of sulfonamides is 1. The maximum Gasteiger partial charge on any atom is 0.246 e. The van der Waals surface area contributed by atoms with Gasteiger partial charge in [0, 0.05) is 26.6 Å². The third kappa shape index (κ3) is 3.13. The standard InChI is InChI=1S/C16H22N2O5S/c1-17-14(19)10-16(20)7-3-8-18(11-16)24(21,22)13-5-2-4-12-6-9-23-15(12)13/h2,4-5,20H,3,6-11H2,1H3,(H,17,19). The molecule has 8 heteroatoms. The number of hydrogen-bond donors (Lipinski definition) is 2. The molecular formula is C16H22N2O5S. The Morgan fingerprint density at radius 3 is 3.00 bits per heavy atom. The lowest BCUT2D eigenvalue weighted by atomic mass is 9.90. The molecule has 0 saturated carbocycles. The number of carbonyl (C=O) groups excluding carboxylic acids is 1. The van der Waals surface area contributed by atoms with Crippen molar-refractivity contribution in [3.8, 4) is 5.75 Å². The number of piperidine rings is 1. The molecule has 1 unspecified atom stereocenters. The van der Waals surface area contributed by atoms with Gasteiger partial charge in [-0.2, -0.15) is 4.31 Å². The van der Waals surface area contributed by atoms with Crippen LogP contribution in [0.4, 0.5) is 0 Å². The fourth-order valence-corrected chi connectivity index (χ4v) is 5.07. The number of ether oxygens (including phenoxy) is 1. The van der Waals surface area contributed by atoms with Crippen molar-refractivity contribution in [2.75, 3.05) is 26.7 Å². The molecule has 1 aromatic rings. The van der Waals surface area contributed by atoms with Gasteiger partial charge >= 0.3 is 0 Å². The lowest BCUT2D eigenvalue weighted by Gasteiger charge is -2.38. The molecular weight excluding hydrogens is 332 g/mol. The van der Waals surface area contributed by atoms with Gasteiger partial charge in [-0.3, -0.25) is 4.79 Å². The second-order valence-corrected chi connectivity index (χ2v) is 8.27. The van der Waals surface area contributed by atoms with Crippen LogP contribution in [0, 0.1) is 0 Å². The molecule has 0 aliphatic carbocycles. The van der Waals surface area contributed by atoms with Crippen LogP contribution in [0.3, 0.4) is 0 Å². The van der Waals surface area contributed by atoms with Crippen molar-refractivity contribution in [1.82, 2.24) is 9.62 Å². The number of benzene rings is 1. The van der Waals surface area contributed by atoms with Gasteiger partial charge in [0.1, 0.15) is 10.6 Å². The summed E-state index contributed by atoms with van der Waals surface area (Å²) in [6.45, 7) is 0.705. The van der Waals surface area contributed by atoms with Gasteiger partial charge in [-0.15, -0.1) is 0 Å². The first-order valence-electron chi connectivity index (χ1n) is 8.03. The largest absolute Gasteiger partial charge is 0.492 e. The first kappa shape index (κ1) is 17.2. The molecule has 2 aliphatic rings. The minimum atomic E-state index is -3.78. The van der Waals surface area contributed by atoms with E-state index >= 15 is 0 Å². The molecule has 2 aliphatic heterocycles. The number of β-amino-alcohol motifs (C(OH)–C–C–N with tert-alkyl or cyclic N) is 1. The molecule has 0 spiro atoms. The van der Waals surface area contributed by atoms with Gasteiger partial charge in [0.05, 0.1) is 18.6 Å². The first-order valence-corrected chi connectivity index (χ1v) is 9.47. The van der Waals surface area contributed by atoms with Crippen molar-refractivity contribution >= 4 is 15.9 Å². The summed E-state index contributed by atoms with van der Waals surface area (Å²) < 4.78 is 32.8. The Kier molecular flexibility index (Phi) is 4.54. The summed E-state index contributed by atoms with van der Waals surface area (Å²) >= 11 is 0. The highest BCUT2D eigenvalue weighted by atomic mass is 32.2. The molecule has 3 rings (SSSR count). The van der Waals surface area contributed by atoms with Gasteiger partial charge in [0.2, 0.25) is 15.9 Å². The Morgan fingerprint density at radius 1 is 1.46 bits per heavy atom. The van der Waals surface area contributed by atoms with Crippen molar-refractivity contribution in [3.05, 3.63) is 23.8 Å². The maximum atomic E-state index is 13.0. The zero-order valence-electron chi connectivity index (χ0n) is 13.6. The number of rotatable bonds is 4. The number of nitrogens with zero attached hydrogens (tertiary/aromatic N) is 1. The van der Waals surface area contributed by atoms with E-state index in [1.54, 1.807) is 6.07 Å². The second-order valence-electron chi connectivity index (χ2n) is 6.36. The van der Waals surface area contributed by atoms with Crippen LogP contribution in [0.1, 0.15) is 24.8 Å². The van der Waals surface area contributed by atoms with Gasteiger partial charge < -0.3 is 15.2 Å². The van der Waals surface area contributed by atoms with E-state index in [1.807, 2.05) is 6.07 Å². The maximum absolute atomic E-state index is 13.0. The predicted octanol–water partition coefficient (Wildman–Crippen LogP) is 0.273. The molecule has 0 bridgehead atoms. The van der Waals surface area contributed by atoms with Gasteiger partial charge in [-0.25, -0.2) is 8.42 Å². The second kappa shape index (κ2) is 6.34.